The van der Waals surface area contributed by atoms with E-state index in [1.54, 1.807) is 18.3 Å². The predicted octanol–water partition coefficient (Wildman–Crippen LogP) is 4.10. The highest BCUT2D eigenvalue weighted by atomic mass is 79.9. The Morgan fingerprint density at radius 2 is 2.15 bits per heavy atom. The highest BCUT2D eigenvalue weighted by Gasteiger charge is 2.29. The minimum atomic E-state index is -0.360. The Morgan fingerprint density at radius 1 is 1.30 bits per heavy atom. The number of aromatic nitrogens is 1. The number of aryl methyl sites for hydroxylation is 1. The van der Waals surface area contributed by atoms with E-state index in [0.717, 1.165) is 25.0 Å². The Hall–Kier alpha value is -1.26. The molecule has 0 amide bonds. The standard InChI is InChI=1S/C16H16BrFN2/c17-13-8-2-6-11(14(13)18)15(19)12-7-1-4-10-5-3-9-20-16(10)12/h2-3,5-6,8-9,12,15H,1,4,7,19H2. The SMILES string of the molecule is NC(c1cccc(Br)c1F)C1CCCc2cccnc21. The fraction of sp³-hybridized carbons (Fsp3) is 0.312. The largest absolute Gasteiger partial charge is 0.323 e. The normalized spacial score (nSPS) is 19.4. The third-order valence-corrected chi connectivity index (χ3v) is 4.63. The Bertz CT molecular complexity index is 630. The second kappa shape index (κ2) is 5.62. The van der Waals surface area contributed by atoms with Crippen LogP contribution in [0, 0.1) is 5.82 Å². The van der Waals surface area contributed by atoms with Gasteiger partial charge in [-0.25, -0.2) is 4.39 Å². The summed E-state index contributed by atoms with van der Waals surface area (Å²) < 4.78 is 14.7. The van der Waals surface area contributed by atoms with Gasteiger partial charge in [0.15, 0.2) is 0 Å². The summed E-state index contributed by atoms with van der Waals surface area (Å²) >= 11 is 3.22. The zero-order chi connectivity index (χ0) is 14.1. The Balaban J connectivity index is 2.00. The van der Waals surface area contributed by atoms with Crippen LogP contribution in [0.3, 0.4) is 0 Å². The Kier molecular flexibility index (Phi) is 3.85. The molecule has 1 heterocycles. The van der Waals surface area contributed by atoms with Gasteiger partial charge in [0.05, 0.1) is 4.47 Å². The molecule has 2 atom stereocenters. The molecule has 0 spiro atoms. The molecule has 1 aliphatic carbocycles. The number of hydrogen-bond donors (Lipinski definition) is 1. The van der Waals surface area contributed by atoms with E-state index in [1.165, 1.54) is 5.56 Å². The minimum Gasteiger partial charge on any atom is -0.323 e. The average Bonchev–Trinajstić information content (AvgIpc) is 2.49. The molecule has 104 valence electrons. The number of pyridine rings is 1. The summed E-state index contributed by atoms with van der Waals surface area (Å²) in [4.78, 5) is 4.49. The molecule has 2 N–H and O–H groups in total. The second-order valence-corrected chi connectivity index (χ2v) is 6.07. The molecule has 0 saturated carbocycles. The van der Waals surface area contributed by atoms with Crippen molar-refractivity contribution in [3.63, 3.8) is 0 Å². The Morgan fingerprint density at radius 3 is 3.00 bits per heavy atom. The third-order valence-electron chi connectivity index (χ3n) is 4.01. The maximum absolute atomic E-state index is 14.2. The van der Waals surface area contributed by atoms with Crippen molar-refractivity contribution >= 4 is 15.9 Å². The van der Waals surface area contributed by atoms with Gasteiger partial charge in [-0.15, -0.1) is 0 Å². The van der Waals surface area contributed by atoms with E-state index in [9.17, 15) is 4.39 Å². The van der Waals surface area contributed by atoms with E-state index < -0.39 is 0 Å². The van der Waals surface area contributed by atoms with Gasteiger partial charge in [0.25, 0.3) is 0 Å². The maximum Gasteiger partial charge on any atom is 0.142 e. The molecule has 2 unspecified atom stereocenters. The summed E-state index contributed by atoms with van der Waals surface area (Å²) in [5, 5.41) is 0. The lowest BCUT2D eigenvalue weighted by atomic mass is 9.80. The van der Waals surface area contributed by atoms with Crippen molar-refractivity contribution in [1.29, 1.82) is 0 Å². The minimum absolute atomic E-state index is 0.0868. The predicted molar refractivity (Wildman–Crippen MR) is 80.9 cm³/mol. The van der Waals surface area contributed by atoms with E-state index >= 15 is 0 Å². The molecule has 0 radical (unpaired) electrons. The molecule has 1 aromatic heterocycles. The summed E-state index contributed by atoms with van der Waals surface area (Å²) in [6.07, 6.45) is 4.86. The lowest BCUT2D eigenvalue weighted by Gasteiger charge is -2.29. The summed E-state index contributed by atoms with van der Waals surface area (Å²) in [5.74, 6) is -0.174. The molecule has 1 aliphatic rings. The van der Waals surface area contributed by atoms with Gasteiger partial charge in [-0.3, -0.25) is 4.98 Å². The highest BCUT2D eigenvalue weighted by molar-refractivity contribution is 9.10. The van der Waals surface area contributed by atoms with Crippen LogP contribution >= 0.6 is 15.9 Å². The first-order valence-electron chi connectivity index (χ1n) is 6.81. The van der Waals surface area contributed by atoms with Crippen LogP contribution in [0.2, 0.25) is 0 Å². The van der Waals surface area contributed by atoms with Crippen molar-refractivity contribution in [2.75, 3.05) is 0 Å². The fourth-order valence-electron chi connectivity index (χ4n) is 2.99. The molecule has 1 aromatic carbocycles. The number of halogens is 2. The number of benzene rings is 1. The topological polar surface area (TPSA) is 38.9 Å². The lowest BCUT2D eigenvalue weighted by molar-refractivity contribution is 0.447. The first kappa shape index (κ1) is 13.7. The van der Waals surface area contributed by atoms with Crippen molar-refractivity contribution in [3.05, 3.63) is 63.6 Å². The zero-order valence-corrected chi connectivity index (χ0v) is 12.6. The molecule has 2 aromatic rings. The van der Waals surface area contributed by atoms with Crippen LogP contribution in [-0.4, -0.2) is 4.98 Å². The van der Waals surface area contributed by atoms with Gasteiger partial charge in [0.2, 0.25) is 0 Å². The van der Waals surface area contributed by atoms with Crippen molar-refractivity contribution in [1.82, 2.24) is 4.98 Å². The molecule has 4 heteroatoms. The molecule has 20 heavy (non-hydrogen) atoms. The third kappa shape index (κ3) is 2.38. The van der Waals surface area contributed by atoms with Crippen LogP contribution in [0.1, 0.15) is 41.6 Å². The Labute approximate surface area is 126 Å². The van der Waals surface area contributed by atoms with Crippen LogP contribution in [-0.2, 0) is 6.42 Å². The summed E-state index contributed by atoms with van der Waals surface area (Å²) in [5.41, 5.74) is 9.19. The highest BCUT2D eigenvalue weighted by Crippen LogP contribution is 2.39. The number of rotatable bonds is 2. The van der Waals surface area contributed by atoms with Gasteiger partial charge in [0, 0.05) is 29.4 Å². The number of nitrogens with zero attached hydrogens (tertiary/aromatic N) is 1. The molecular weight excluding hydrogens is 319 g/mol. The van der Waals surface area contributed by atoms with Gasteiger partial charge in [-0.2, -0.15) is 0 Å². The van der Waals surface area contributed by atoms with Gasteiger partial charge < -0.3 is 5.73 Å². The first-order valence-corrected chi connectivity index (χ1v) is 7.61. The van der Waals surface area contributed by atoms with Gasteiger partial charge in [-0.1, -0.05) is 18.2 Å². The van der Waals surface area contributed by atoms with Crippen LogP contribution in [0.15, 0.2) is 41.0 Å². The number of fused-ring (bicyclic) bond motifs is 1. The van der Waals surface area contributed by atoms with Gasteiger partial charge in [0.1, 0.15) is 5.82 Å². The molecule has 0 bridgehead atoms. The average molecular weight is 335 g/mol. The summed E-state index contributed by atoms with van der Waals surface area (Å²) in [6.45, 7) is 0. The summed E-state index contributed by atoms with van der Waals surface area (Å²) in [7, 11) is 0. The van der Waals surface area contributed by atoms with E-state index in [0.29, 0.717) is 10.0 Å². The van der Waals surface area contributed by atoms with Crippen LogP contribution < -0.4 is 5.73 Å². The van der Waals surface area contributed by atoms with Crippen molar-refractivity contribution in [3.8, 4) is 0 Å². The van der Waals surface area contributed by atoms with E-state index in [4.69, 9.17) is 5.73 Å². The van der Waals surface area contributed by atoms with E-state index in [2.05, 4.69) is 27.0 Å². The van der Waals surface area contributed by atoms with Crippen LogP contribution in [0.5, 0.6) is 0 Å². The van der Waals surface area contributed by atoms with E-state index in [-0.39, 0.29) is 17.8 Å². The number of nitrogens with two attached hydrogens (primary N) is 1. The molecule has 0 saturated heterocycles. The molecular formula is C16H16BrFN2. The quantitative estimate of drug-likeness (QED) is 0.897. The van der Waals surface area contributed by atoms with E-state index in [1.807, 2.05) is 12.1 Å². The van der Waals surface area contributed by atoms with Crippen LogP contribution in [0.25, 0.3) is 0 Å². The summed E-state index contributed by atoms with van der Waals surface area (Å²) in [6, 6.07) is 8.97. The second-order valence-electron chi connectivity index (χ2n) is 5.22. The lowest BCUT2D eigenvalue weighted by Crippen LogP contribution is -2.25. The first-order chi connectivity index (χ1) is 9.68. The zero-order valence-electron chi connectivity index (χ0n) is 11.0. The molecule has 3 rings (SSSR count). The monoisotopic (exact) mass is 334 g/mol. The molecule has 2 nitrogen and oxygen atoms in total. The fourth-order valence-corrected chi connectivity index (χ4v) is 3.37. The smallest absolute Gasteiger partial charge is 0.142 e. The molecule has 0 aliphatic heterocycles. The van der Waals surface area contributed by atoms with Gasteiger partial charge >= 0.3 is 0 Å². The maximum atomic E-state index is 14.2. The van der Waals surface area contributed by atoms with Crippen LogP contribution in [0.4, 0.5) is 4.39 Å². The van der Waals surface area contributed by atoms with Crippen molar-refractivity contribution < 1.29 is 4.39 Å². The molecule has 0 fully saturated rings. The number of hydrogen-bond acceptors (Lipinski definition) is 2. The van der Waals surface area contributed by atoms with Gasteiger partial charge in [-0.05, 0) is 52.9 Å². The van der Waals surface area contributed by atoms with Crippen molar-refractivity contribution in [2.24, 2.45) is 5.73 Å². The van der Waals surface area contributed by atoms with Crippen molar-refractivity contribution in [2.45, 2.75) is 31.2 Å².